The molecule has 102 valence electrons. The fourth-order valence-electron chi connectivity index (χ4n) is 2.91. The summed E-state index contributed by atoms with van der Waals surface area (Å²) in [7, 11) is 0. The second-order valence-electron chi connectivity index (χ2n) is 5.31. The maximum Gasteiger partial charge on any atom is 0.0977 e. The predicted molar refractivity (Wildman–Crippen MR) is 88.4 cm³/mol. The molecule has 0 aliphatic carbocycles. The highest BCUT2D eigenvalue weighted by Gasteiger charge is 2.37. The summed E-state index contributed by atoms with van der Waals surface area (Å²) in [6.45, 7) is 3.25. The van der Waals surface area contributed by atoms with Gasteiger partial charge in [-0.25, -0.2) is 0 Å². The van der Waals surface area contributed by atoms with Gasteiger partial charge in [-0.1, -0.05) is 13.0 Å². The van der Waals surface area contributed by atoms with Crippen LogP contribution in [-0.4, -0.2) is 17.6 Å². The second kappa shape index (κ2) is 5.08. The quantitative estimate of drug-likeness (QED) is 0.506. The van der Waals surface area contributed by atoms with Crippen LogP contribution >= 0.6 is 25.3 Å². The van der Waals surface area contributed by atoms with Crippen molar-refractivity contribution in [1.82, 2.24) is 10.3 Å². The second-order valence-corrected chi connectivity index (χ2v) is 7.07. The average Bonchev–Trinajstić information content (AvgIpc) is 3.07. The first-order chi connectivity index (χ1) is 9.13. The van der Waals surface area contributed by atoms with Crippen LogP contribution in [0.25, 0.3) is 10.9 Å². The molecule has 1 aliphatic heterocycles. The zero-order valence-electron chi connectivity index (χ0n) is 11.1. The lowest BCUT2D eigenvalue weighted by Crippen LogP contribution is -2.37. The van der Waals surface area contributed by atoms with Crippen molar-refractivity contribution in [3.05, 3.63) is 35.5 Å². The Hall–Kier alpha value is -0.580. The van der Waals surface area contributed by atoms with Crippen molar-refractivity contribution in [2.45, 2.75) is 36.3 Å². The van der Waals surface area contributed by atoms with Crippen LogP contribution < -0.4 is 5.32 Å². The molecule has 0 saturated carbocycles. The number of hydrogen-bond donors (Lipinski definition) is 4. The number of hydrogen-bond acceptors (Lipinski definition) is 3. The Morgan fingerprint density at radius 1 is 1.37 bits per heavy atom. The van der Waals surface area contributed by atoms with E-state index in [1.165, 1.54) is 22.9 Å². The number of rotatable bonds is 3. The Labute approximate surface area is 125 Å². The monoisotopic (exact) mass is 292 g/mol. The molecule has 3 rings (SSSR count). The van der Waals surface area contributed by atoms with Gasteiger partial charge in [-0.3, -0.25) is 0 Å². The van der Waals surface area contributed by atoms with E-state index in [-0.39, 0.29) is 0 Å². The Kier molecular flexibility index (Phi) is 3.58. The number of aromatic amines is 1. The van der Waals surface area contributed by atoms with Crippen molar-refractivity contribution in [3.63, 3.8) is 0 Å². The molecule has 1 saturated heterocycles. The molecule has 2 heterocycles. The molecule has 1 aromatic heterocycles. The third kappa shape index (κ3) is 2.30. The summed E-state index contributed by atoms with van der Waals surface area (Å²) < 4.78 is -0.429. The molecule has 2 N–H and O–H groups in total. The minimum absolute atomic E-state index is 0.323. The molecule has 0 amide bonds. The van der Waals surface area contributed by atoms with Crippen LogP contribution in [0.15, 0.2) is 24.4 Å². The third-order valence-corrected chi connectivity index (χ3v) is 5.20. The SMILES string of the molecule is CCc1ccc2[nH]cc(C(S)(S)[C@H]3CCCN3)c2c1. The van der Waals surface area contributed by atoms with E-state index in [4.69, 9.17) is 25.3 Å². The van der Waals surface area contributed by atoms with Crippen molar-refractivity contribution in [2.24, 2.45) is 0 Å². The maximum absolute atomic E-state index is 4.86. The van der Waals surface area contributed by atoms with Gasteiger partial charge in [-0.05, 0) is 43.5 Å². The molecule has 0 bridgehead atoms. The van der Waals surface area contributed by atoms with Crippen LogP contribution in [0.1, 0.15) is 30.9 Å². The highest BCUT2D eigenvalue weighted by atomic mass is 32.2. The molecular weight excluding hydrogens is 272 g/mol. The largest absolute Gasteiger partial charge is 0.361 e. The molecular formula is C15H20N2S2. The maximum atomic E-state index is 4.86. The number of nitrogens with one attached hydrogen (secondary N) is 2. The number of benzene rings is 1. The van der Waals surface area contributed by atoms with Gasteiger partial charge >= 0.3 is 0 Å². The molecule has 0 unspecified atom stereocenters. The van der Waals surface area contributed by atoms with E-state index >= 15 is 0 Å². The van der Waals surface area contributed by atoms with Gasteiger partial charge in [0, 0.05) is 28.7 Å². The van der Waals surface area contributed by atoms with Crippen LogP contribution in [-0.2, 0) is 10.5 Å². The smallest absolute Gasteiger partial charge is 0.0977 e. The van der Waals surface area contributed by atoms with Gasteiger partial charge in [0.05, 0.1) is 4.08 Å². The van der Waals surface area contributed by atoms with Crippen LogP contribution in [0, 0.1) is 0 Å². The van der Waals surface area contributed by atoms with Crippen LogP contribution in [0.2, 0.25) is 0 Å². The zero-order chi connectivity index (χ0) is 13.5. The number of aryl methyl sites for hydroxylation is 1. The van der Waals surface area contributed by atoms with E-state index in [9.17, 15) is 0 Å². The van der Waals surface area contributed by atoms with E-state index in [0.717, 1.165) is 24.9 Å². The van der Waals surface area contributed by atoms with E-state index in [1.54, 1.807) is 0 Å². The first kappa shape index (κ1) is 13.4. The third-order valence-electron chi connectivity index (χ3n) is 4.10. The minimum Gasteiger partial charge on any atom is -0.361 e. The minimum atomic E-state index is -0.429. The zero-order valence-corrected chi connectivity index (χ0v) is 12.9. The van der Waals surface area contributed by atoms with Gasteiger partial charge in [0.1, 0.15) is 0 Å². The molecule has 19 heavy (non-hydrogen) atoms. The predicted octanol–water partition coefficient (Wildman–Crippen LogP) is 3.49. The number of thiol groups is 2. The van der Waals surface area contributed by atoms with Crippen LogP contribution in [0.3, 0.4) is 0 Å². The first-order valence-electron chi connectivity index (χ1n) is 6.91. The topological polar surface area (TPSA) is 27.8 Å². The summed E-state index contributed by atoms with van der Waals surface area (Å²) in [5, 5.41) is 4.76. The summed E-state index contributed by atoms with van der Waals surface area (Å²) in [5.74, 6) is 0. The van der Waals surface area contributed by atoms with Gasteiger partial charge in [0.25, 0.3) is 0 Å². The highest BCUT2D eigenvalue weighted by molar-refractivity contribution is 7.99. The fraction of sp³-hybridized carbons (Fsp3) is 0.467. The van der Waals surface area contributed by atoms with Crippen molar-refractivity contribution in [1.29, 1.82) is 0 Å². The Morgan fingerprint density at radius 3 is 2.89 bits per heavy atom. The lowest BCUT2D eigenvalue weighted by atomic mass is 10.0. The Balaban J connectivity index is 2.08. The van der Waals surface area contributed by atoms with Gasteiger partial charge < -0.3 is 10.3 Å². The number of H-pyrrole nitrogens is 1. The van der Waals surface area contributed by atoms with Gasteiger partial charge in [0.15, 0.2) is 0 Å². The molecule has 4 heteroatoms. The molecule has 0 spiro atoms. The highest BCUT2D eigenvalue weighted by Crippen LogP contribution is 2.43. The fourth-order valence-corrected chi connectivity index (χ4v) is 3.72. The van der Waals surface area contributed by atoms with Gasteiger partial charge in [0.2, 0.25) is 0 Å². The van der Waals surface area contributed by atoms with E-state index < -0.39 is 4.08 Å². The van der Waals surface area contributed by atoms with E-state index in [2.05, 4.69) is 41.6 Å². The summed E-state index contributed by atoms with van der Waals surface area (Å²) >= 11 is 9.72. The van der Waals surface area contributed by atoms with Crippen LogP contribution in [0.5, 0.6) is 0 Å². The Bertz CT molecular complexity index is 583. The molecule has 1 fully saturated rings. The molecule has 2 aromatic rings. The molecule has 1 aromatic carbocycles. The molecule has 2 nitrogen and oxygen atoms in total. The number of aromatic nitrogens is 1. The lowest BCUT2D eigenvalue weighted by Gasteiger charge is -2.29. The normalized spacial score (nSPS) is 20.3. The summed E-state index contributed by atoms with van der Waals surface area (Å²) in [5.41, 5.74) is 3.70. The van der Waals surface area contributed by atoms with Crippen molar-refractivity contribution < 1.29 is 0 Å². The average molecular weight is 292 g/mol. The molecule has 0 radical (unpaired) electrons. The summed E-state index contributed by atoms with van der Waals surface area (Å²) in [6.07, 6.45) is 5.45. The van der Waals surface area contributed by atoms with E-state index in [0.29, 0.717) is 6.04 Å². The van der Waals surface area contributed by atoms with Gasteiger partial charge in [-0.2, -0.15) is 25.3 Å². The first-order valence-corrected chi connectivity index (χ1v) is 7.81. The number of fused-ring (bicyclic) bond motifs is 1. The molecule has 1 aliphatic rings. The van der Waals surface area contributed by atoms with Crippen LogP contribution in [0.4, 0.5) is 0 Å². The summed E-state index contributed by atoms with van der Waals surface area (Å²) in [4.78, 5) is 3.34. The standard InChI is InChI=1S/C15H20N2S2/c1-2-10-5-6-13-11(8-10)12(9-17-13)15(18,19)14-4-3-7-16-14/h5-6,8-9,14,16-19H,2-4,7H2,1H3/t14-/m1/s1. The van der Waals surface area contributed by atoms with E-state index in [1.807, 2.05) is 0 Å². The van der Waals surface area contributed by atoms with Crippen molar-refractivity contribution in [3.8, 4) is 0 Å². The lowest BCUT2D eigenvalue weighted by molar-refractivity contribution is 0.568. The summed E-state index contributed by atoms with van der Waals surface area (Å²) in [6, 6.07) is 6.91. The molecule has 1 atom stereocenters. The van der Waals surface area contributed by atoms with Gasteiger partial charge in [-0.15, -0.1) is 0 Å². The Morgan fingerprint density at radius 2 is 2.21 bits per heavy atom. The van der Waals surface area contributed by atoms with Crippen molar-refractivity contribution in [2.75, 3.05) is 6.54 Å². The van der Waals surface area contributed by atoms with Crippen molar-refractivity contribution >= 4 is 36.2 Å².